The molecule has 206 valence electrons. The van der Waals surface area contributed by atoms with E-state index in [9.17, 15) is 4.79 Å². The van der Waals surface area contributed by atoms with E-state index in [1.165, 1.54) is 16.8 Å². The maximum atomic E-state index is 13.7. The van der Waals surface area contributed by atoms with E-state index < -0.39 is 6.04 Å². The quantitative estimate of drug-likeness (QED) is 0.401. The smallest absolute Gasteiger partial charge is 0.253 e. The number of aryl methyl sites for hydroxylation is 2. The summed E-state index contributed by atoms with van der Waals surface area (Å²) in [4.78, 5) is 21.5. The molecule has 0 bridgehead atoms. The molecular formula is C29H37N7O3. The fourth-order valence-electron chi connectivity index (χ4n) is 5.38. The molecule has 10 heteroatoms. The molecule has 2 aromatic heterocycles. The summed E-state index contributed by atoms with van der Waals surface area (Å²) >= 11 is 0. The zero-order valence-electron chi connectivity index (χ0n) is 23.8. The van der Waals surface area contributed by atoms with Gasteiger partial charge in [-0.1, -0.05) is 12.1 Å². The molecule has 1 saturated heterocycles. The van der Waals surface area contributed by atoms with Crippen molar-refractivity contribution in [3.63, 3.8) is 0 Å². The summed E-state index contributed by atoms with van der Waals surface area (Å²) in [5.74, 6) is 1.80. The van der Waals surface area contributed by atoms with Crippen LogP contribution < -0.4 is 19.9 Å². The molecule has 0 radical (unpaired) electrons. The zero-order chi connectivity index (χ0) is 27.9. The van der Waals surface area contributed by atoms with E-state index in [2.05, 4.69) is 83.1 Å². The molecule has 1 atom stereocenters. The van der Waals surface area contributed by atoms with Crippen LogP contribution in [0.15, 0.2) is 41.2 Å². The van der Waals surface area contributed by atoms with Gasteiger partial charge in [-0.15, -0.1) is 5.10 Å². The number of fused-ring (bicyclic) bond motifs is 1. The number of nitrogens with zero attached hydrogens (tertiary/aromatic N) is 6. The number of aromatic nitrogens is 5. The van der Waals surface area contributed by atoms with Crippen molar-refractivity contribution in [1.29, 1.82) is 0 Å². The predicted octanol–water partition coefficient (Wildman–Crippen LogP) is 3.82. The number of methoxy groups -OCH3 is 2. The molecule has 0 aliphatic carbocycles. The molecule has 10 nitrogen and oxygen atoms in total. The van der Waals surface area contributed by atoms with E-state index in [0.717, 1.165) is 31.6 Å². The fourth-order valence-corrected chi connectivity index (χ4v) is 5.38. The number of hydrogen-bond acceptors (Lipinski definition) is 8. The topological polar surface area (TPSA) is 101 Å². The maximum absolute atomic E-state index is 13.7. The van der Waals surface area contributed by atoms with Gasteiger partial charge in [-0.05, 0) is 74.4 Å². The second-order valence-corrected chi connectivity index (χ2v) is 11.2. The van der Waals surface area contributed by atoms with Crippen LogP contribution in [0.5, 0.6) is 11.5 Å². The minimum atomic E-state index is -0.429. The second kappa shape index (κ2) is 10.3. The number of piperazine rings is 1. The lowest BCUT2D eigenvalue weighted by Crippen LogP contribution is -2.49. The molecule has 0 saturated carbocycles. The molecule has 2 aromatic carbocycles. The van der Waals surface area contributed by atoms with Crippen molar-refractivity contribution in [3.8, 4) is 11.5 Å². The van der Waals surface area contributed by atoms with Crippen LogP contribution in [0.3, 0.4) is 0 Å². The van der Waals surface area contributed by atoms with Gasteiger partial charge in [0.25, 0.3) is 5.56 Å². The molecule has 0 spiro atoms. The predicted molar refractivity (Wildman–Crippen MR) is 152 cm³/mol. The average Bonchev–Trinajstić information content (AvgIpc) is 3.40. The standard InChI is InChI=1S/C29H37N7O3/c1-18-8-9-19(2)23(14-18)34-10-12-35(13-11-34)26(27-31-32-33-36(27)29(3,4)5)21-15-20-16-24(38-6)25(39-7)17-22(20)30-28(21)37/h8-9,14-17,26H,10-13H2,1-7H3,(H,30,37)/t26-/m0/s1. The SMILES string of the molecule is COc1cc2cc([C@@H](c3nnnn3C(C)(C)C)N3CCN(c4cc(C)ccc4C)CC3)c(=O)[nH]c2cc1OC. The van der Waals surface area contributed by atoms with Crippen molar-refractivity contribution in [2.24, 2.45) is 0 Å². The summed E-state index contributed by atoms with van der Waals surface area (Å²) in [6.45, 7) is 13.6. The van der Waals surface area contributed by atoms with E-state index in [0.29, 0.717) is 28.4 Å². The highest BCUT2D eigenvalue weighted by Gasteiger charge is 2.35. The van der Waals surface area contributed by atoms with Crippen LogP contribution in [-0.4, -0.2) is 70.5 Å². The van der Waals surface area contributed by atoms with Crippen LogP contribution in [0.1, 0.15) is 49.3 Å². The van der Waals surface area contributed by atoms with Crippen molar-refractivity contribution in [1.82, 2.24) is 30.1 Å². The Balaban J connectivity index is 1.58. The largest absolute Gasteiger partial charge is 0.493 e. The second-order valence-electron chi connectivity index (χ2n) is 11.2. The first-order chi connectivity index (χ1) is 18.6. The zero-order valence-corrected chi connectivity index (χ0v) is 23.8. The lowest BCUT2D eigenvalue weighted by Gasteiger charge is -2.40. The van der Waals surface area contributed by atoms with Crippen LogP contribution in [0, 0.1) is 13.8 Å². The molecular weight excluding hydrogens is 494 g/mol. The molecule has 0 amide bonds. The third kappa shape index (κ3) is 5.08. The highest BCUT2D eigenvalue weighted by Crippen LogP contribution is 2.34. The number of benzene rings is 2. The molecule has 39 heavy (non-hydrogen) atoms. The van der Waals surface area contributed by atoms with Gasteiger partial charge in [0.15, 0.2) is 17.3 Å². The summed E-state index contributed by atoms with van der Waals surface area (Å²) in [7, 11) is 3.18. The molecule has 1 N–H and O–H groups in total. The van der Waals surface area contributed by atoms with Crippen LogP contribution in [-0.2, 0) is 5.54 Å². The lowest BCUT2D eigenvalue weighted by molar-refractivity contribution is 0.190. The molecule has 1 aliphatic rings. The van der Waals surface area contributed by atoms with Crippen molar-refractivity contribution in [2.45, 2.75) is 46.2 Å². The van der Waals surface area contributed by atoms with Gasteiger partial charge in [-0.2, -0.15) is 0 Å². The summed E-state index contributed by atoms with van der Waals surface area (Å²) in [5.41, 5.74) is 4.49. The van der Waals surface area contributed by atoms with Crippen LogP contribution in [0.4, 0.5) is 5.69 Å². The first-order valence-corrected chi connectivity index (χ1v) is 13.2. The molecule has 3 heterocycles. The highest BCUT2D eigenvalue weighted by atomic mass is 16.5. The van der Waals surface area contributed by atoms with Crippen molar-refractivity contribution in [3.05, 3.63) is 69.3 Å². The Morgan fingerprint density at radius 1 is 0.949 bits per heavy atom. The molecule has 0 unspecified atom stereocenters. The van der Waals surface area contributed by atoms with Crippen molar-refractivity contribution >= 4 is 16.6 Å². The lowest BCUT2D eigenvalue weighted by atomic mass is 10.0. The third-order valence-corrected chi connectivity index (χ3v) is 7.43. The number of aromatic amines is 1. The van der Waals surface area contributed by atoms with Crippen LogP contribution in [0.2, 0.25) is 0 Å². The maximum Gasteiger partial charge on any atom is 0.253 e. The Kier molecular flexibility index (Phi) is 7.07. The minimum Gasteiger partial charge on any atom is -0.493 e. The highest BCUT2D eigenvalue weighted by molar-refractivity contribution is 5.83. The third-order valence-electron chi connectivity index (χ3n) is 7.43. The van der Waals surface area contributed by atoms with Gasteiger partial charge >= 0.3 is 0 Å². The Morgan fingerprint density at radius 3 is 2.31 bits per heavy atom. The van der Waals surface area contributed by atoms with Crippen LogP contribution >= 0.6 is 0 Å². The Labute approximate surface area is 228 Å². The van der Waals surface area contributed by atoms with E-state index in [1.54, 1.807) is 20.3 Å². The number of anilines is 1. The Hall–Kier alpha value is -3.92. The number of nitrogens with one attached hydrogen (secondary N) is 1. The average molecular weight is 532 g/mol. The van der Waals surface area contributed by atoms with Gasteiger partial charge < -0.3 is 19.4 Å². The van der Waals surface area contributed by atoms with Crippen LogP contribution in [0.25, 0.3) is 10.9 Å². The van der Waals surface area contributed by atoms with Crippen molar-refractivity contribution in [2.75, 3.05) is 45.3 Å². The minimum absolute atomic E-state index is 0.180. The van der Waals surface area contributed by atoms with E-state index in [1.807, 2.05) is 16.8 Å². The number of hydrogen-bond donors (Lipinski definition) is 1. The Bertz CT molecular complexity index is 1550. The van der Waals surface area contributed by atoms with Crippen molar-refractivity contribution < 1.29 is 9.47 Å². The van der Waals surface area contributed by atoms with Gasteiger partial charge in [0.2, 0.25) is 0 Å². The summed E-state index contributed by atoms with van der Waals surface area (Å²) in [6, 6.07) is 11.7. The van der Waals surface area contributed by atoms with Gasteiger partial charge in [0, 0.05) is 48.9 Å². The monoisotopic (exact) mass is 531 g/mol. The van der Waals surface area contributed by atoms with E-state index in [4.69, 9.17) is 9.47 Å². The fraction of sp³-hybridized carbons (Fsp3) is 0.448. The van der Waals surface area contributed by atoms with E-state index >= 15 is 0 Å². The number of ether oxygens (including phenoxy) is 2. The molecule has 5 rings (SSSR count). The van der Waals surface area contributed by atoms with Gasteiger partial charge in [0.1, 0.15) is 6.04 Å². The molecule has 1 fully saturated rings. The summed E-state index contributed by atoms with van der Waals surface area (Å²) in [6.07, 6.45) is 0. The number of tetrazole rings is 1. The number of rotatable bonds is 6. The first-order valence-electron chi connectivity index (χ1n) is 13.2. The summed E-state index contributed by atoms with van der Waals surface area (Å²) < 4.78 is 12.8. The van der Waals surface area contributed by atoms with E-state index in [-0.39, 0.29) is 11.1 Å². The number of pyridine rings is 1. The summed E-state index contributed by atoms with van der Waals surface area (Å²) in [5, 5.41) is 13.7. The Morgan fingerprint density at radius 2 is 1.64 bits per heavy atom. The van der Waals surface area contributed by atoms with Gasteiger partial charge in [0.05, 0.1) is 25.3 Å². The number of H-pyrrole nitrogens is 1. The first kappa shape index (κ1) is 26.7. The molecule has 1 aliphatic heterocycles. The van der Waals surface area contributed by atoms with Gasteiger partial charge in [-0.25, -0.2) is 4.68 Å². The molecule has 4 aromatic rings. The van der Waals surface area contributed by atoms with Gasteiger partial charge in [-0.3, -0.25) is 9.69 Å². The normalized spacial score (nSPS) is 15.5.